The molecule has 0 aliphatic carbocycles. The van der Waals surface area contributed by atoms with Crippen LogP contribution in [0.3, 0.4) is 0 Å². The fourth-order valence-corrected chi connectivity index (χ4v) is 9.36. The highest BCUT2D eigenvalue weighted by atomic mass is 16.6. The summed E-state index contributed by atoms with van der Waals surface area (Å²) in [7, 11) is 0. The van der Waals surface area contributed by atoms with Crippen LogP contribution in [-0.2, 0) is 28.6 Å². The van der Waals surface area contributed by atoms with Crippen molar-refractivity contribution in [1.29, 1.82) is 0 Å². The smallest absolute Gasteiger partial charge is 0.306 e. The van der Waals surface area contributed by atoms with Gasteiger partial charge >= 0.3 is 17.9 Å². The van der Waals surface area contributed by atoms with E-state index in [1.54, 1.807) is 0 Å². The van der Waals surface area contributed by atoms with Crippen LogP contribution in [0.15, 0.2) is 134 Å². The summed E-state index contributed by atoms with van der Waals surface area (Å²) in [6, 6.07) is 0. The molecular formula is C76H126O6. The van der Waals surface area contributed by atoms with Crippen molar-refractivity contribution in [3.05, 3.63) is 134 Å². The predicted molar refractivity (Wildman–Crippen MR) is 357 cm³/mol. The molecule has 0 radical (unpaired) electrons. The van der Waals surface area contributed by atoms with Crippen molar-refractivity contribution in [1.82, 2.24) is 0 Å². The van der Waals surface area contributed by atoms with Crippen molar-refractivity contribution in [3.63, 3.8) is 0 Å². The molecular weight excluding hydrogens is 1010 g/mol. The predicted octanol–water partition coefficient (Wildman–Crippen LogP) is 23.7. The Morgan fingerprint density at radius 1 is 0.256 bits per heavy atom. The highest BCUT2D eigenvalue weighted by Crippen LogP contribution is 2.16. The van der Waals surface area contributed by atoms with Gasteiger partial charge in [-0.1, -0.05) is 309 Å². The maximum Gasteiger partial charge on any atom is 0.306 e. The summed E-state index contributed by atoms with van der Waals surface area (Å²) < 4.78 is 16.9. The molecule has 0 aliphatic heterocycles. The Labute approximate surface area is 506 Å². The summed E-state index contributed by atoms with van der Waals surface area (Å²) in [5.74, 6) is -0.895. The van der Waals surface area contributed by atoms with Crippen LogP contribution in [0.4, 0.5) is 0 Å². The lowest BCUT2D eigenvalue weighted by molar-refractivity contribution is -0.167. The van der Waals surface area contributed by atoms with Crippen molar-refractivity contribution < 1.29 is 28.6 Å². The highest BCUT2D eigenvalue weighted by Gasteiger charge is 2.19. The van der Waals surface area contributed by atoms with E-state index < -0.39 is 6.10 Å². The first-order chi connectivity index (χ1) is 40.5. The summed E-state index contributed by atoms with van der Waals surface area (Å²) in [6.07, 6.45) is 97.5. The number of unbranched alkanes of at least 4 members (excludes halogenated alkanes) is 28. The van der Waals surface area contributed by atoms with E-state index >= 15 is 0 Å². The van der Waals surface area contributed by atoms with Crippen LogP contribution >= 0.6 is 0 Å². The largest absolute Gasteiger partial charge is 0.462 e. The van der Waals surface area contributed by atoms with Gasteiger partial charge in [0.05, 0.1) is 0 Å². The third kappa shape index (κ3) is 66.4. The van der Waals surface area contributed by atoms with E-state index in [4.69, 9.17) is 14.2 Å². The van der Waals surface area contributed by atoms with Gasteiger partial charge in [-0.3, -0.25) is 14.4 Å². The number of rotatable bonds is 61. The van der Waals surface area contributed by atoms with Crippen molar-refractivity contribution in [2.45, 2.75) is 316 Å². The van der Waals surface area contributed by atoms with Crippen LogP contribution in [0, 0.1) is 0 Å². The van der Waals surface area contributed by atoms with Crippen LogP contribution in [0.2, 0.25) is 0 Å². The van der Waals surface area contributed by atoms with Crippen LogP contribution < -0.4 is 0 Å². The zero-order valence-corrected chi connectivity index (χ0v) is 53.5. The SMILES string of the molecule is CC/C=C\C/C=C\C/C=C\C/C=C\C/C=C\C/C=C\C/C=C\C/C=C\CCCCCCCCCCC(=O)OCC(COC(=O)CCCCCCCCCCCCCCCC)OC(=O)CCCCCCCCC/C=C\C/C=C\C/C=C\CC. The average molecular weight is 1140 g/mol. The highest BCUT2D eigenvalue weighted by molar-refractivity contribution is 5.71. The maximum atomic E-state index is 12.9. The number of ether oxygens (including phenoxy) is 3. The van der Waals surface area contributed by atoms with E-state index in [1.807, 2.05) is 0 Å². The normalized spacial score (nSPS) is 13.0. The number of hydrogen-bond acceptors (Lipinski definition) is 6. The summed E-state index contributed by atoms with van der Waals surface area (Å²) >= 11 is 0. The minimum absolute atomic E-state index is 0.0844. The van der Waals surface area contributed by atoms with E-state index in [0.717, 1.165) is 141 Å². The van der Waals surface area contributed by atoms with Crippen molar-refractivity contribution in [2.75, 3.05) is 13.2 Å². The van der Waals surface area contributed by atoms with Gasteiger partial charge < -0.3 is 14.2 Å². The first-order valence-corrected chi connectivity index (χ1v) is 34.2. The second kappa shape index (κ2) is 69.0. The molecule has 0 aromatic carbocycles. The summed E-state index contributed by atoms with van der Waals surface area (Å²) in [6.45, 7) is 6.42. The monoisotopic (exact) mass is 1130 g/mol. The number of esters is 3. The average Bonchev–Trinajstić information content (AvgIpc) is 3.47. The first kappa shape index (κ1) is 77.5. The van der Waals surface area contributed by atoms with Gasteiger partial charge in [-0.25, -0.2) is 0 Å². The van der Waals surface area contributed by atoms with E-state index in [1.165, 1.54) is 128 Å². The molecule has 6 heteroatoms. The third-order valence-electron chi connectivity index (χ3n) is 14.4. The molecule has 0 rings (SSSR count). The molecule has 0 spiro atoms. The fourth-order valence-electron chi connectivity index (χ4n) is 9.36. The molecule has 0 heterocycles. The van der Waals surface area contributed by atoms with Gasteiger partial charge in [0, 0.05) is 19.3 Å². The van der Waals surface area contributed by atoms with E-state index in [0.29, 0.717) is 19.3 Å². The topological polar surface area (TPSA) is 78.9 Å². The van der Waals surface area contributed by atoms with Crippen molar-refractivity contribution >= 4 is 17.9 Å². The lowest BCUT2D eigenvalue weighted by Crippen LogP contribution is -2.30. The summed E-state index contributed by atoms with van der Waals surface area (Å²) in [4.78, 5) is 38.4. The van der Waals surface area contributed by atoms with Gasteiger partial charge in [0.1, 0.15) is 13.2 Å². The van der Waals surface area contributed by atoms with E-state index in [9.17, 15) is 14.4 Å². The number of allylic oxidation sites excluding steroid dienone is 22. The van der Waals surface area contributed by atoms with Crippen LogP contribution in [0.25, 0.3) is 0 Å². The number of carbonyl (C=O) groups excluding carboxylic acids is 3. The molecule has 0 fully saturated rings. The molecule has 0 bridgehead atoms. The molecule has 0 saturated heterocycles. The quantitative estimate of drug-likeness (QED) is 0.0261. The Balaban J connectivity index is 4.30. The molecule has 1 unspecified atom stereocenters. The molecule has 0 aromatic rings. The second-order valence-corrected chi connectivity index (χ2v) is 22.3. The lowest BCUT2D eigenvalue weighted by Gasteiger charge is -2.18. The van der Waals surface area contributed by atoms with Gasteiger partial charge in [-0.2, -0.15) is 0 Å². The van der Waals surface area contributed by atoms with Gasteiger partial charge in [0.15, 0.2) is 6.10 Å². The first-order valence-electron chi connectivity index (χ1n) is 34.2. The van der Waals surface area contributed by atoms with E-state index in [2.05, 4.69) is 154 Å². The molecule has 0 saturated carbocycles. The Morgan fingerprint density at radius 2 is 0.476 bits per heavy atom. The maximum absolute atomic E-state index is 12.9. The molecule has 0 amide bonds. The fraction of sp³-hybridized carbons (Fsp3) is 0.671. The Bertz CT molecular complexity index is 1730. The van der Waals surface area contributed by atoms with Gasteiger partial charge in [-0.15, -0.1) is 0 Å². The summed E-state index contributed by atoms with van der Waals surface area (Å²) in [5, 5.41) is 0. The molecule has 0 aliphatic rings. The Hall–Kier alpha value is -4.45. The minimum Gasteiger partial charge on any atom is -0.462 e. The van der Waals surface area contributed by atoms with Gasteiger partial charge in [-0.05, 0) is 116 Å². The Morgan fingerprint density at radius 3 is 0.744 bits per heavy atom. The molecule has 0 N–H and O–H groups in total. The zero-order valence-electron chi connectivity index (χ0n) is 53.5. The van der Waals surface area contributed by atoms with Crippen LogP contribution in [-0.4, -0.2) is 37.2 Å². The molecule has 6 nitrogen and oxygen atoms in total. The van der Waals surface area contributed by atoms with E-state index in [-0.39, 0.29) is 31.1 Å². The van der Waals surface area contributed by atoms with Crippen molar-refractivity contribution in [3.8, 4) is 0 Å². The number of hydrogen-bond donors (Lipinski definition) is 0. The molecule has 466 valence electrons. The molecule has 0 aromatic heterocycles. The van der Waals surface area contributed by atoms with Crippen molar-refractivity contribution in [2.24, 2.45) is 0 Å². The number of carbonyl (C=O) groups is 3. The van der Waals surface area contributed by atoms with Crippen LogP contribution in [0.5, 0.6) is 0 Å². The Kier molecular flexibility index (Phi) is 65.3. The molecule has 1 atom stereocenters. The minimum atomic E-state index is -0.790. The standard InChI is InChI=1S/C76H126O6/c1-4-7-10-13-16-19-22-25-28-30-31-32-33-34-35-36-37-38-39-40-41-42-43-44-45-47-48-51-54-57-60-63-66-69-75(78)81-72-73(71-80-74(77)68-65-62-59-56-53-50-27-24-21-18-15-12-9-6-3)82-76(79)70-67-64-61-58-55-52-49-46-29-26-23-20-17-14-11-8-5-2/h7-8,10-11,16-17,19-20,25-26,28-29,31-32,34-35,37-38,40-41,43-44,73H,4-6,9,12-15,18,21-24,27,30,33,36,39,42,45-72H2,1-3H3/b10-7-,11-8-,19-16-,20-17-,28-25-,29-26-,32-31-,35-34-,38-37-,41-40-,44-43-. The van der Waals surface area contributed by atoms with Crippen LogP contribution in [0.1, 0.15) is 310 Å². The lowest BCUT2D eigenvalue weighted by atomic mass is 10.0. The second-order valence-electron chi connectivity index (χ2n) is 22.3. The molecule has 82 heavy (non-hydrogen) atoms. The van der Waals surface area contributed by atoms with Gasteiger partial charge in [0.2, 0.25) is 0 Å². The third-order valence-corrected chi connectivity index (χ3v) is 14.4. The summed E-state index contributed by atoms with van der Waals surface area (Å²) in [5.41, 5.74) is 0. The zero-order chi connectivity index (χ0) is 59.2. The van der Waals surface area contributed by atoms with Gasteiger partial charge in [0.25, 0.3) is 0 Å².